The molecule has 0 unspecified atom stereocenters. The van der Waals surface area contributed by atoms with Gasteiger partial charge in [0.25, 0.3) is 0 Å². The van der Waals surface area contributed by atoms with Crippen LogP contribution < -0.4 is 0 Å². The van der Waals surface area contributed by atoms with Crippen molar-refractivity contribution in [2.75, 3.05) is 0 Å². The van der Waals surface area contributed by atoms with Crippen molar-refractivity contribution in [2.45, 2.75) is 0 Å². The predicted octanol–water partition coefficient (Wildman–Crippen LogP) is 2.21. The Bertz CT molecular complexity index is 194. The van der Waals surface area contributed by atoms with Crippen molar-refractivity contribution in [1.82, 2.24) is 0 Å². The van der Waals surface area contributed by atoms with Crippen LogP contribution in [-0.4, -0.2) is 6.29 Å². The fourth-order valence-corrected chi connectivity index (χ4v) is 1.27. The second-order valence-electron chi connectivity index (χ2n) is 1.29. The van der Waals surface area contributed by atoms with Gasteiger partial charge < -0.3 is 0 Å². The molecule has 0 amide bonds. The van der Waals surface area contributed by atoms with Crippen molar-refractivity contribution >= 4 is 29.2 Å². The minimum absolute atomic E-state index is 0.636. The summed E-state index contributed by atoms with van der Waals surface area (Å²) >= 11 is 6.84. The molecule has 3 heteroatoms. The zero-order valence-corrected chi connectivity index (χ0v) is 5.50. The number of rotatable bonds is 1. The van der Waals surface area contributed by atoms with Gasteiger partial charge in [0.05, 0.1) is 9.90 Å². The third-order valence-electron chi connectivity index (χ3n) is 0.704. The van der Waals surface area contributed by atoms with Crippen LogP contribution in [0.15, 0.2) is 11.4 Å². The monoisotopic (exact) mass is 146 g/mol. The summed E-state index contributed by atoms with van der Waals surface area (Å²) in [5, 5.41) is 2.36. The van der Waals surface area contributed by atoms with Gasteiger partial charge >= 0.3 is 0 Å². The summed E-state index contributed by atoms with van der Waals surface area (Å²) in [5.74, 6) is 0. The molecule has 0 spiro atoms. The third kappa shape index (κ3) is 1.08. The number of halogens is 1. The molecule has 0 saturated carbocycles. The van der Waals surface area contributed by atoms with E-state index in [0.717, 1.165) is 6.29 Å². The summed E-state index contributed by atoms with van der Waals surface area (Å²) in [4.78, 5) is 10.6. The number of hydrogen-bond acceptors (Lipinski definition) is 2. The van der Waals surface area contributed by atoms with Gasteiger partial charge in [0, 0.05) is 5.38 Å². The van der Waals surface area contributed by atoms with E-state index in [1.807, 2.05) is 0 Å². The molecule has 1 heterocycles. The van der Waals surface area contributed by atoms with Crippen LogP contribution >= 0.6 is 22.9 Å². The lowest BCUT2D eigenvalue weighted by Gasteiger charge is -1.68. The standard InChI is InChI=1S/C5H3ClOS/c6-4-1-5(2-7)8-3-4/h1-3H. The third-order valence-corrected chi connectivity index (χ3v) is 1.91. The van der Waals surface area contributed by atoms with E-state index in [1.165, 1.54) is 11.3 Å². The van der Waals surface area contributed by atoms with Gasteiger partial charge in [0.15, 0.2) is 6.29 Å². The van der Waals surface area contributed by atoms with Gasteiger partial charge in [-0.25, -0.2) is 0 Å². The highest BCUT2D eigenvalue weighted by atomic mass is 35.5. The molecule has 1 rings (SSSR count). The van der Waals surface area contributed by atoms with E-state index in [9.17, 15) is 4.79 Å². The average Bonchev–Trinajstić information content (AvgIpc) is 2.14. The maximum absolute atomic E-state index is 9.97. The molecule has 0 saturated heterocycles. The molecule has 0 aromatic carbocycles. The Hall–Kier alpha value is -0.340. The van der Waals surface area contributed by atoms with E-state index in [2.05, 4.69) is 0 Å². The fraction of sp³-hybridized carbons (Fsp3) is 0. The lowest BCUT2D eigenvalue weighted by atomic mass is 10.5. The first kappa shape index (κ1) is 5.79. The summed E-state index contributed by atoms with van der Waals surface area (Å²) in [6, 6.07) is 1.64. The van der Waals surface area contributed by atoms with Crippen molar-refractivity contribution < 1.29 is 4.79 Å². The first-order chi connectivity index (χ1) is 3.83. The zero-order chi connectivity index (χ0) is 5.98. The van der Waals surface area contributed by atoms with Crippen LogP contribution in [0.25, 0.3) is 0 Å². The SMILES string of the molecule is O=Cc1cc(Cl)cs1. The summed E-state index contributed by atoms with van der Waals surface area (Å²) < 4.78 is 0. The van der Waals surface area contributed by atoms with E-state index in [0.29, 0.717) is 9.90 Å². The van der Waals surface area contributed by atoms with Crippen LogP contribution in [0, 0.1) is 0 Å². The van der Waals surface area contributed by atoms with Crippen molar-refractivity contribution in [1.29, 1.82) is 0 Å². The highest BCUT2D eigenvalue weighted by Crippen LogP contribution is 2.16. The van der Waals surface area contributed by atoms with Gasteiger partial charge in [-0.05, 0) is 6.07 Å². The average molecular weight is 147 g/mol. The van der Waals surface area contributed by atoms with E-state index in [-0.39, 0.29) is 0 Å². The van der Waals surface area contributed by atoms with Crippen LogP contribution in [0.1, 0.15) is 9.67 Å². The van der Waals surface area contributed by atoms with Crippen molar-refractivity contribution in [3.05, 3.63) is 21.3 Å². The lowest BCUT2D eigenvalue weighted by Crippen LogP contribution is -1.62. The number of carbonyl (C=O) groups excluding carboxylic acids is 1. The summed E-state index contributed by atoms with van der Waals surface area (Å²) in [6.07, 6.45) is 0.788. The van der Waals surface area contributed by atoms with Gasteiger partial charge in [-0.3, -0.25) is 4.79 Å². The summed E-state index contributed by atoms with van der Waals surface area (Å²) in [5.41, 5.74) is 0. The Balaban J connectivity index is 3.00. The Labute approximate surface area is 55.9 Å². The van der Waals surface area contributed by atoms with E-state index in [4.69, 9.17) is 11.6 Å². The number of thiophene rings is 1. The second kappa shape index (κ2) is 2.29. The van der Waals surface area contributed by atoms with Crippen LogP contribution in [0.4, 0.5) is 0 Å². The first-order valence-corrected chi connectivity index (χ1v) is 3.28. The molecule has 1 aromatic rings. The molecule has 0 fully saturated rings. The van der Waals surface area contributed by atoms with Gasteiger partial charge in [-0.2, -0.15) is 0 Å². The van der Waals surface area contributed by atoms with Crippen molar-refractivity contribution in [3.8, 4) is 0 Å². The lowest BCUT2D eigenvalue weighted by molar-refractivity contribution is 0.112. The number of aldehydes is 1. The Morgan fingerprint density at radius 2 is 2.50 bits per heavy atom. The number of hydrogen-bond donors (Lipinski definition) is 0. The van der Waals surface area contributed by atoms with Gasteiger partial charge in [0.1, 0.15) is 0 Å². The molecule has 0 aliphatic rings. The Morgan fingerprint density at radius 1 is 1.75 bits per heavy atom. The molecule has 42 valence electrons. The zero-order valence-electron chi connectivity index (χ0n) is 3.93. The van der Waals surface area contributed by atoms with Gasteiger partial charge in [0.2, 0.25) is 0 Å². The van der Waals surface area contributed by atoms with E-state index < -0.39 is 0 Å². The van der Waals surface area contributed by atoms with Crippen molar-refractivity contribution in [3.63, 3.8) is 0 Å². The Kier molecular flexibility index (Phi) is 1.65. The molecule has 0 N–H and O–H groups in total. The Morgan fingerprint density at radius 3 is 2.75 bits per heavy atom. The molecule has 0 aliphatic carbocycles. The molecule has 0 aliphatic heterocycles. The van der Waals surface area contributed by atoms with Crippen LogP contribution in [0.3, 0.4) is 0 Å². The molecule has 8 heavy (non-hydrogen) atoms. The molecule has 0 atom stereocenters. The predicted molar refractivity (Wildman–Crippen MR) is 34.7 cm³/mol. The minimum atomic E-state index is 0.636. The minimum Gasteiger partial charge on any atom is -0.297 e. The smallest absolute Gasteiger partial charge is 0.160 e. The van der Waals surface area contributed by atoms with Crippen LogP contribution in [-0.2, 0) is 0 Å². The van der Waals surface area contributed by atoms with Crippen LogP contribution in [0.2, 0.25) is 5.02 Å². The molecule has 0 bridgehead atoms. The highest BCUT2D eigenvalue weighted by molar-refractivity contribution is 7.12. The van der Waals surface area contributed by atoms with E-state index in [1.54, 1.807) is 11.4 Å². The highest BCUT2D eigenvalue weighted by Gasteiger charge is 1.91. The first-order valence-electron chi connectivity index (χ1n) is 2.02. The molecule has 0 radical (unpaired) electrons. The molecular formula is C5H3ClOS. The van der Waals surface area contributed by atoms with Crippen molar-refractivity contribution in [2.24, 2.45) is 0 Å². The topological polar surface area (TPSA) is 17.1 Å². The van der Waals surface area contributed by atoms with E-state index >= 15 is 0 Å². The summed E-state index contributed by atoms with van der Waals surface area (Å²) in [6.45, 7) is 0. The number of carbonyl (C=O) groups is 1. The van der Waals surface area contributed by atoms with Gasteiger partial charge in [-0.15, -0.1) is 11.3 Å². The maximum atomic E-state index is 9.97. The summed E-state index contributed by atoms with van der Waals surface area (Å²) in [7, 11) is 0. The maximum Gasteiger partial charge on any atom is 0.160 e. The second-order valence-corrected chi connectivity index (χ2v) is 2.66. The van der Waals surface area contributed by atoms with Gasteiger partial charge in [-0.1, -0.05) is 11.6 Å². The van der Waals surface area contributed by atoms with Crippen LogP contribution in [0.5, 0.6) is 0 Å². The largest absolute Gasteiger partial charge is 0.297 e. The molecule has 1 aromatic heterocycles. The fourth-order valence-electron chi connectivity index (χ4n) is 0.390. The molecule has 1 nitrogen and oxygen atoms in total. The quantitative estimate of drug-likeness (QED) is 0.556. The normalized spacial score (nSPS) is 9.12. The molecular weight excluding hydrogens is 144 g/mol.